The fourth-order valence-corrected chi connectivity index (χ4v) is 5.85. The highest BCUT2D eigenvalue weighted by Crippen LogP contribution is 2.37. The third-order valence-electron chi connectivity index (χ3n) is 6.99. The van der Waals surface area contributed by atoms with Crippen molar-refractivity contribution in [2.24, 2.45) is 11.8 Å². The zero-order chi connectivity index (χ0) is 26.2. The van der Waals surface area contributed by atoms with Crippen molar-refractivity contribution in [1.82, 2.24) is 25.6 Å². The van der Waals surface area contributed by atoms with Gasteiger partial charge in [-0.2, -0.15) is 0 Å². The number of rotatable bonds is 5. The third kappa shape index (κ3) is 5.27. The zero-order valence-corrected chi connectivity index (χ0v) is 20.4. The van der Waals surface area contributed by atoms with Crippen molar-refractivity contribution in [1.29, 1.82) is 0 Å². The molecule has 3 aromatic rings. The Bertz CT molecular complexity index is 1330. The van der Waals surface area contributed by atoms with Crippen LogP contribution >= 0.6 is 0 Å². The molecule has 2 aliphatic heterocycles. The molecule has 2 fully saturated rings. The van der Waals surface area contributed by atoms with Crippen LogP contribution in [-0.4, -0.2) is 67.7 Å². The van der Waals surface area contributed by atoms with E-state index < -0.39 is 22.7 Å². The van der Waals surface area contributed by atoms with E-state index >= 15 is 0 Å². The Morgan fingerprint density at radius 2 is 1.86 bits per heavy atom. The van der Waals surface area contributed by atoms with Crippen LogP contribution in [0.4, 0.5) is 13.2 Å². The summed E-state index contributed by atoms with van der Waals surface area (Å²) in [6.07, 6.45) is 4.48. The van der Waals surface area contributed by atoms with Gasteiger partial charge in [-0.25, -0.2) is 0 Å². The van der Waals surface area contributed by atoms with Crippen LogP contribution in [0.1, 0.15) is 28.8 Å². The Balaban J connectivity index is 1.38. The Morgan fingerprint density at radius 3 is 2.62 bits per heavy atom. The number of benzene rings is 2. The van der Waals surface area contributed by atoms with Crippen LogP contribution in [0.25, 0.3) is 17.1 Å². The number of carbonyl (C=O) groups is 2. The van der Waals surface area contributed by atoms with E-state index in [1.807, 2.05) is 0 Å². The lowest BCUT2D eigenvalue weighted by Crippen LogP contribution is -2.43. The molecule has 1 aromatic heterocycles. The molecule has 8 nitrogen and oxygen atoms in total. The van der Waals surface area contributed by atoms with E-state index in [4.69, 9.17) is 0 Å². The van der Waals surface area contributed by atoms with Crippen LogP contribution in [0, 0.1) is 11.8 Å². The summed E-state index contributed by atoms with van der Waals surface area (Å²) < 4.78 is 49.6. The molecular formula is C25H24F3N5O3S. The Labute approximate surface area is 213 Å². The van der Waals surface area contributed by atoms with Crippen LogP contribution in [0.2, 0.25) is 0 Å². The van der Waals surface area contributed by atoms with E-state index in [0.717, 1.165) is 38.1 Å². The molecule has 2 unspecified atom stereocenters. The summed E-state index contributed by atoms with van der Waals surface area (Å²) in [5.41, 5.74) is -2.67. The van der Waals surface area contributed by atoms with Crippen molar-refractivity contribution in [3.05, 3.63) is 59.7 Å². The highest BCUT2D eigenvalue weighted by atomic mass is 32.2. The third-order valence-corrected chi connectivity index (χ3v) is 8.11. The molecule has 194 valence electrons. The van der Waals surface area contributed by atoms with E-state index in [1.54, 1.807) is 23.1 Å². The van der Waals surface area contributed by atoms with E-state index in [1.165, 1.54) is 24.3 Å². The molecule has 2 N–H and O–H groups in total. The fourth-order valence-electron chi connectivity index (χ4n) is 5.20. The standard InChI is InChI=1S/C25H24F3N5O3S/c26-25(27,28)37(36)18-5-1-15(2-6-18)3-8-22(34)23-19-10-12-29-11-9-17(19)14-33(23)24(35)16-4-7-20-21(13-16)31-32-30-20/h1-8,13,17,19,23,29H,9-12,14H2,(H,30,31,32)/b8-3+/t17-,19-,23?,37?/m0/s1. The first kappa shape index (κ1) is 25.4. The molecule has 4 atom stereocenters. The second-order valence-electron chi connectivity index (χ2n) is 9.22. The number of aromatic nitrogens is 3. The van der Waals surface area contributed by atoms with E-state index in [2.05, 4.69) is 20.7 Å². The van der Waals surface area contributed by atoms with Crippen LogP contribution < -0.4 is 5.32 Å². The lowest BCUT2D eigenvalue weighted by molar-refractivity contribution is -0.119. The number of nitrogens with one attached hydrogen (secondary N) is 2. The Kier molecular flexibility index (Phi) is 7.06. The monoisotopic (exact) mass is 531 g/mol. The number of aromatic amines is 1. The van der Waals surface area contributed by atoms with Crippen molar-refractivity contribution in [2.45, 2.75) is 29.3 Å². The summed E-state index contributed by atoms with van der Waals surface area (Å²) in [4.78, 5) is 28.3. The number of fused-ring (bicyclic) bond motifs is 2. The van der Waals surface area contributed by atoms with Gasteiger partial charge in [0.25, 0.3) is 5.91 Å². The molecule has 0 radical (unpaired) electrons. The number of alkyl halides is 3. The fraction of sp³-hybridized carbons (Fsp3) is 0.360. The summed E-state index contributed by atoms with van der Waals surface area (Å²) in [5.74, 6) is -0.331. The maximum absolute atomic E-state index is 13.6. The predicted molar refractivity (Wildman–Crippen MR) is 131 cm³/mol. The molecule has 0 spiro atoms. The molecule has 0 bridgehead atoms. The Morgan fingerprint density at radius 1 is 1.11 bits per heavy atom. The number of ketones is 1. The van der Waals surface area contributed by atoms with Crippen molar-refractivity contribution < 1.29 is 27.3 Å². The molecule has 1 amide bonds. The van der Waals surface area contributed by atoms with E-state index in [0.29, 0.717) is 28.7 Å². The molecule has 2 saturated heterocycles. The maximum atomic E-state index is 13.6. The minimum absolute atomic E-state index is 0.0107. The van der Waals surface area contributed by atoms with Crippen molar-refractivity contribution in [3.63, 3.8) is 0 Å². The van der Waals surface area contributed by atoms with Gasteiger partial charge in [0.15, 0.2) is 10.7 Å². The van der Waals surface area contributed by atoms with Gasteiger partial charge in [0, 0.05) is 12.1 Å². The number of likely N-dealkylation sites (tertiary alicyclic amines) is 1. The summed E-state index contributed by atoms with van der Waals surface area (Å²) in [5, 5.41) is 13.8. The molecule has 12 heteroatoms. The number of halogens is 3. The SMILES string of the molecule is O=C(/C=C/c1ccc([S+]([O-])C(F)(F)F)cc1)C1[C@H]2CCNCC[C@H]2CN1C(=O)c1ccc2[nH]nnc2c1. The number of hydrogen-bond donors (Lipinski definition) is 2. The Hall–Kier alpha value is -3.22. The predicted octanol–water partition coefficient (Wildman–Crippen LogP) is 3.31. The summed E-state index contributed by atoms with van der Waals surface area (Å²) in [6, 6.07) is 9.44. The number of carbonyl (C=O) groups excluding carboxylic acids is 2. The van der Waals surface area contributed by atoms with Crippen LogP contribution in [0.3, 0.4) is 0 Å². The number of amides is 1. The van der Waals surface area contributed by atoms with E-state index in [-0.39, 0.29) is 28.4 Å². The van der Waals surface area contributed by atoms with E-state index in [9.17, 15) is 27.3 Å². The van der Waals surface area contributed by atoms with Gasteiger partial charge in [-0.05, 0) is 91.9 Å². The second kappa shape index (κ2) is 10.3. The zero-order valence-electron chi connectivity index (χ0n) is 19.6. The smallest absolute Gasteiger partial charge is 0.578 e. The highest BCUT2D eigenvalue weighted by Gasteiger charge is 2.47. The van der Waals surface area contributed by atoms with Crippen molar-refractivity contribution in [3.8, 4) is 0 Å². The van der Waals surface area contributed by atoms with Crippen LogP contribution in [0.15, 0.2) is 53.4 Å². The van der Waals surface area contributed by atoms with Gasteiger partial charge in [0.2, 0.25) is 0 Å². The van der Waals surface area contributed by atoms with Crippen molar-refractivity contribution >= 4 is 40.0 Å². The molecule has 2 aliphatic rings. The number of hydrogen-bond acceptors (Lipinski definition) is 6. The van der Waals surface area contributed by atoms with Crippen LogP contribution in [0.5, 0.6) is 0 Å². The molecule has 37 heavy (non-hydrogen) atoms. The van der Waals surface area contributed by atoms with Gasteiger partial charge in [0.1, 0.15) is 5.52 Å². The van der Waals surface area contributed by atoms with Gasteiger partial charge < -0.3 is 14.8 Å². The van der Waals surface area contributed by atoms with Gasteiger partial charge in [-0.15, -0.1) is 18.3 Å². The minimum atomic E-state index is -4.84. The lowest BCUT2D eigenvalue weighted by Gasteiger charge is -2.26. The normalized spacial score (nSPS) is 23.2. The molecule has 0 aliphatic carbocycles. The topological polar surface area (TPSA) is 114 Å². The average molecular weight is 532 g/mol. The average Bonchev–Trinajstić information content (AvgIpc) is 3.43. The number of H-pyrrole nitrogens is 1. The molecule has 2 aromatic carbocycles. The second-order valence-corrected chi connectivity index (χ2v) is 10.7. The first-order chi connectivity index (χ1) is 17.7. The summed E-state index contributed by atoms with van der Waals surface area (Å²) >= 11 is -3.12. The van der Waals surface area contributed by atoms with Gasteiger partial charge in [0.05, 0.1) is 22.7 Å². The largest absolute Gasteiger partial charge is 0.604 e. The van der Waals surface area contributed by atoms with Crippen molar-refractivity contribution in [2.75, 3.05) is 19.6 Å². The molecule has 3 heterocycles. The first-order valence-corrected chi connectivity index (χ1v) is 13.0. The maximum Gasteiger partial charge on any atom is 0.578 e. The number of nitrogens with zero attached hydrogens (tertiary/aromatic N) is 3. The minimum Gasteiger partial charge on any atom is -0.604 e. The first-order valence-electron chi connectivity index (χ1n) is 11.9. The molecule has 0 saturated carbocycles. The summed E-state index contributed by atoms with van der Waals surface area (Å²) in [6.45, 7) is 2.03. The van der Waals surface area contributed by atoms with Gasteiger partial charge in [-0.1, -0.05) is 11.3 Å². The molecule has 5 rings (SSSR count). The summed E-state index contributed by atoms with van der Waals surface area (Å²) in [7, 11) is 0. The highest BCUT2D eigenvalue weighted by molar-refractivity contribution is 7.92. The van der Waals surface area contributed by atoms with Crippen LogP contribution in [-0.2, 0) is 16.0 Å². The quantitative estimate of drug-likeness (QED) is 0.386. The lowest BCUT2D eigenvalue weighted by atomic mass is 9.84. The molecular weight excluding hydrogens is 507 g/mol. The van der Waals surface area contributed by atoms with Gasteiger partial charge >= 0.3 is 5.51 Å². The van der Waals surface area contributed by atoms with Gasteiger partial charge in [-0.3, -0.25) is 14.7 Å².